The van der Waals surface area contributed by atoms with Crippen LogP contribution in [0.2, 0.25) is 0 Å². The van der Waals surface area contributed by atoms with Crippen LogP contribution in [0.5, 0.6) is 0 Å². The van der Waals surface area contributed by atoms with Crippen molar-refractivity contribution in [3.05, 3.63) is 34.9 Å². The van der Waals surface area contributed by atoms with Gasteiger partial charge in [-0.15, -0.1) is 0 Å². The Bertz CT molecular complexity index is 490. The molecule has 0 fully saturated rings. The first-order valence-corrected chi connectivity index (χ1v) is 9.89. The van der Waals surface area contributed by atoms with Crippen LogP contribution < -0.4 is 5.73 Å². The van der Waals surface area contributed by atoms with Crippen LogP contribution in [0.15, 0.2) is 18.2 Å². The molecule has 0 atom stereocenters. The zero-order valence-corrected chi connectivity index (χ0v) is 15.0. The lowest BCUT2D eigenvalue weighted by Crippen LogP contribution is -2.34. The van der Waals surface area contributed by atoms with Gasteiger partial charge in [0.05, 0.1) is 0 Å². The van der Waals surface area contributed by atoms with Crippen LogP contribution in [0.3, 0.4) is 0 Å². The van der Waals surface area contributed by atoms with Crippen LogP contribution in [0, 0.1) is 0 Å². The largest absolute Gasteiger partial charge is 0.366 e. The maximum absolute atomic E-state index is 11.7. The minimum Gasteiger partial charge on any atom is -0.366 e. The first-order valence-electron chi connectivity index (χ1n) is 5.86. The van der Waals surface area contributed by atoms with Crippen LogP contribution in [0.1, 0.15) is 49.2 Å². The van der Waals surface area contributed by atoms with Gasteiger partial charge in [0.2, 0.25) is 5.91 Å². The molecule has 0 unspecified atom stereocenters. The maximum atomic E-state index is 11.7. The summed E-state index contributed by atoms with van der Waals surface area (Å²) in [7, 11) is 0.361. The number of amides is 1. The highest BCUT2D eigenvalue weighted by Crippen LogP contribution is 2.36. The highest BCUT2D eigenvalue weighted by atomic mass is 35.6. The van der Waals surface area contributed by atoms with Crippen molar-refractivity contribution in [1.82, 2.24) is 0 Å². The number of benzene rings is 1. The average molecular weight is 330 g/mol. The number of primary amides is 1. The van der Waals surface area contributed by atoms with Crippen molar-refractivity contribution in [2.75, 3.05) is 0 Å². The normalized spacial score (nSPS) is 12.5. The van der Waals surface area contributed by atoms with Gasteiger partial charge in [-0.2, -0.15) is 22.2 Å². The summed E-state index contributed by atoms with van der Waals surface area (Å²) in [6.45, 7) is 8.18. The average Bonchev–Trinajstić information content (AvgIpc) is 2.37. The zero-order valence-electron chi connectivity index (χ0n) is 11.5. The Morgan fingerprint density at radius 2 is 1.63 bits per heavy atom. The van der Waals surface area contributed by atoms with Crippen LogP contribution in [-0.4, -0.2) is 23.6 Å². The van der Waals surface area contributed by atoms with Crippen molar-refractivity contribution in [2.45, 2.75) is 37.8 Å². The summed E-state index contributed by atoms with van der Waals surface area (Å²) in [6.07, 6.45) is 0. The molecule has 6 heteroatoms. The molecule has 0 bridgehead atoms. The molecule has 0 saturated heterocycles. The van der Waals surface area contributed by atoms with Gasteiger partial charge in [-0.05, 0) is 27.3 Å². The van der Waals surface area contributed by atoms with Crippen molar-refractivity contribution < 1.29 is 4.79 Å². The first-order chi connectivity index (χ1) is 8.67. The van der Waals surface area contributed by atoms with E-state index in [1.165, 1.54) is 0 Å². The summed E-state index contributed by atoms with van der Waals surface area (Å²) in [5, 5.41) is -0.521. The number of carbonyl (C=O) groups is 1. The summed E-state index contributed by atoms with van der Waals surface area (Å²) in [5.41, 5.74) is 8.03. The fourth-order valence-corrected chi connectivity index (χ4v) is 3.31. The quantitative estimate of drug-likeness (QED) is 0.655. The third-order valence-corrected chi connectivity index (χ3v) is 7.40. The van der Waals surface area contributed by atoms with Gasteiger partial charge in [0.25, 0.3) is 0 Å². The fourth-order valence-electron chi connectivity index (χ4n) is 2.05. The van der Waals surface area contributed by atoms with E-state index in [9.17, 15) is 4.79 Å². The smallest absolute Gasteiger partial charge is 0.248 e. The second-order valence-corrected chi connectivity index (χ2v) is 9.54. The zero-order chi connectivity index (χ0) is 14.8. The number of halogens is 2. The Kier molecular flexibility index (Phi) is 5.29. The highest BCUT2D eigenvalue weighted by Gasteiger charge is 2.34. The monoisotopic (exact) mass is 329 g/mol. The molecule has 19 heavy (non-hydrogen) atoms. The minimum atomic E-state index is -0.423. The van der Waals surface area contributed by atoms with E-state index in [0.717, 1.165) is 11.1 Å². The third kappa shape index (κ3) is 3.42. The van der Waals surface area contributed by atoms with Crippen LogP contribution in [-0.2, 0) is 10.1 Å². The van der Waals surface area contributed by atoms with E-state index in [1.54, 1.807) is 6.07 Å². The van der Waals surface area contributed by atoms with E-state index in [2.05, 4.69) is 13.8 Å². The molecule has 2 N–H and O–H groups in total. The van der Waals surface area contributed by atoms with E-state index in [0.29, 0.717) is 5.56 Å². The van der Waals surface area contributed by atoms with Gasteiger partial charge < -0.3 is 5.73 Å². The lowest BCUT2D eigenvalue weighted by Gasteiger charge is -2.33. The van der Waals surface area contributed by atoms with E-state index >= 15 is 0 Å². The minimum absolute atomic E-state index is 0.152. The lowest BCUT2D eigenvalue weighted by atomic mass is 9.85. The molecule has 1 aromatic rings. The predicted molar refractivity (Wildman–Crippen MR) is 84.2 cm³/mol. The van der Waals surface area contributed by atoms with Crippen LogP contribution in [0.4, 0.5) is 0 Å². The first kappa shape index (κ1) is 16.8. The molecule has 1 aromatic carbocycles. The standard InChI is InChI=1S/C13H17Cl2NOSi2/c1-12(2,18-14)9-7-5-6-8(11(16)17)10(9)13(3,4)19-15/h5-7H,1-4H3,(H2,16,17). The Hall–Kier alpha value is -0.296. The number of rotatable bonds is 5. The van der Waals surface area contributed by atoms with Gasteiger partial charge in [0, 0.05) is 5.56 Å². The predicted octanol–water partition coefficient (Wildman–Crippen LogP) is 2.97. The molecule has 1 rings (SSSR count). The number of hydrogen-bond donors (Lipinski definition) is 1. The molecular weight excluding hydrogens is 313 g/mol. The van der Waals surface area contributed by atoms with Gasteiger partial charge in [-0.1, -0.05) is 39.8 Å². The van der Waals surface area contributed by atoms with Crippen molar-refractivity contribution in [3.63, 3.8) is 0 Å². The molecule has 0 aliphatic heterocycles. The molecule has 0 spiro atoms. The fraction of sp³-hybridized carbons (Fsp3) is 0.462. The molecule has 1 amide bonds. The summed E-state index contributed by atoms with van der Waals surface area (Å²) >= 11 is 12.2. The summed E-state index contributed by atoms with van der Waals surface area (Å²) in [4.78, 5) is 11.7. The van der Waals surface area contributed by atoms with E-state index < -0.39 is 5.91 Å². The third-order valence-electron chi connectivity index (χ3n) is 3.10. The van der Waals surface area contributed by atoms with Gasteiger partial charge >= 0.3 is 0 Å². The molecular formula is C13H17Cl2NOSi2. The Morgan fingerprint density at radius 1 is 1.11 bits per heavy atom. The van der Waals surface area contributed by atoms with Gasteiger partial charge in [-0.25, -0.2) is 0 Å². The van der Waals surface area contributed by atoms with Crippen LogP contribution >= 0.6 is 22.2 Å². The second kappa shape index (κ2) is 6.00. The number of hydrogen-bond acceptors (Lipinski definition) is 1. The molecule has 0 aromatic heterocycles. The van der Waals surface area contributed by atoms with E-state index in [-0.39, 0.29) is 27.7 Å². The van der Waals surface area contributed by atoms with E-state index in [4.69, 9.17) is 27.9 Å². The molecule has 2 nitrogen and oxygen atoms in total. The molecule has 0 saturated carbocycles. The lowest BCUT2D eigenvalue weighted by molar-refractivity contribution is 0.0998. The summed E-state index contributed by atoms with van der Waals surface area (Å²) in [5.74, 6) is -0.423. The van der Waals surface area contributed by atoms with E-state index in [1.807, 2.05) is 26.0 Å². The summed E-state index contributed by atoms with van der Waals surface area (Å²) in [6, 6.07) is 5.62. The maximum Gasteiger partial charge on any atom is 0.248 e. The summed E-state index contributed by atoms with van der Waals surface area (Å²) < 4.78 is 0. The molecule has 0 aliphatic carbocycles. The SMILES string of the molecule is CC(C)([Si]Cl)c1cccc(C(N)=O)c1C(C)(C)[Si]Cl. The van der Waals surface area contributed by atoms with Gasteiger partial charge in [0.1, 0.15) is 0 Å². The number of carbonyl (C=O) groups excluding carboxylic acids is 1. The number of nitrogens with two attached hydrogens (primary N) is 1. The Morgan fingerprint density at radius 3 is 2.05 bits per heavy atom. The molecule has 102 valence electrons. The van der Waals surface area contributed by atoms with Crippen molar-refractivity contribution >= 4 is 45.7 Å². The van der Waals surface area contributed by atoms with Gasteiger partial charge in [-0.3, -0.25) is 4.79 Å². The van der Waals surface area contributed by atoms with Gasteiger partial charge in [0.15, 0.2) is 17.7 Å². The Labute approximate surface area is 129 Å². The van der Waals surface area contributed by atoms with Crippen molar-refractivity contribution in [1.29, 1.82) is 0 Å². The van der Waals surface area contributed by atoms with Crippen molar-refractivity contribution in [3.8, 4) is 0 Å². The Balaban J connectivity index is 3.66. The molecule has 0 heterocycles. The van der Waals surface area contributed by atoms with Crippen LogP contribution in [0.25, 0.3) is 0 Å². The molecule has 4 radical (unpaired) electrons. The van der Waals surface area contributed by atoms with Crippen molar-refractivity contribution in [2.24, 2.45) is 5.73 Å². The highest BCUT2D eigenvalue weighted by molar-refractivity contribution is 6.95. The topological polar surface area (TPSA) is 43.1 Å². The molecule has 0 aliphatic rings. The second-order valence-electron chi connectivity index (χ2n) is 5.53.